The molecule has 0 aromatic carbocycles. The van der Waals surface area contributed by atoms with Crippen molar-refractivity contribution in [2.24, 2.45) is 0 Å². The highest BCUT2D eigenvalue weighted by molar-refractivity contribution is 7.18. The lowest BCUT2D eigenvalue weighted by atomic mass is 10.2. The lowest BCUT2D eigenvalue weighted by Crippen LogP contribution is -1.90. The zero-order chi connectivity index (χ0) is 11.7. The lowest BCUT2D eigenvalue weighted by molar-refractivity contribution is -0.380. The summed E-state index contributed by atoms with van der Waals surface area (Å²) in [6, 6.07) is 3.08. The number of hydrogen-bond donors (Lipinski definition) is 1. The second-order valence-electron chi connectivity index (χ2n) is 3.12. The standard InChI is InChI=1S/C9H9N3O3S/c1-2-5-8(15-11-9(5)10)6-3-4-7(16-6)12(13)14/h3-4H,2H2,1H3,(H2,10,11). The van der Waals surface area contributed by atoms with Crippen LogP contribution in [0.4, 0.5) is 10.8 Å². The summed E-state index contributed by atoms with van der Waals surface area (Å²) < 4.78 is 5.08. The van der Waals surface area contributed by atoms with Crippen LogP contribution in [-0.4, -0.2) is 10.1 Å². The lowest BCUT2D eigenvalue weighted by Gasteiger charge is -1.93. The summed E-state index contributed by atoms with van der Waals surface area (Å²) >= 11 is 1.05. The van der Waals surface area contributed by atoms with Crippen LogP contribution < -0.4 is 5.73 Å². The Balaban J connectivity index is 2.46. The molecule has 2 heterocycles. The highest BCUT2D eigenvalue weighted by Gasteiger charge is 2.18. The van der Waals surface area contributed by atoms with E-state index >= 15 is 0 Å². The van der Waals surface area contributed by atoms with Crippen molar-refractivity contribution >= 4 is 22.2 Å². The van der Waals surface area contributed by atoms with Gasteiger partial charge in [-0.2, -0.15) is 0 Å². The molecule has 6 nitrogen and oxygen atoms in total. The monoisotopic (exact) mass is 239 g/mol. The highest BCUT2D eigenvalue weighted by atomic mass is 32.1. The van der Waals surface area contributed by atoms with Gasteiger partial charge in [-0.05, 0) is 12.5 Å². The molecule has 0 bridgehead atoms. The molecule has 0 spiro atoms. The molecule has 2 aromatic rings. The summed E-state index contributed by atoms with van der Waals surface area (Å²) in [6.07, 6.45) is 0.677. The number of anilines is 1. The molecule has 0 unspecified atom stereocenters. The molecule has 0 atom stereocenters. The number of rotatable bonds is 3. The van der Waals surface area contributed by atoms with Crippen LogP contribution in [0.1, 0.15) is 12.5 Å². The fraction of sp³-hybridized carbons (Fsp3) is 0.222. The predicted octanol–water partition coefficient (Wildman–Crippen LogP) is 2.46. The maximum absolute atomic E-state index is 10.6. The molecular weight excluding hydrogens is 230 g/mol. The van der Waals surface area contributed by atoms with E-state index < -0.39 is 4.92 Å². The van der Waals surface area contributed by atoms with Crippen molar-refractivity contribution in [1.29, 1.82) is 0 Å². The number of nitrogens with two attached hydrogens (primary N) is 1. The van der Waals surface area contributed by atoms with E-state index in [2.05, 4.69) is 5.16 Å². The smallest absolute Gasteiger partial charge is 0.324 e. The third-order valence-electron chi connectivity index (χ3n) is 2.17. The molecule has 0 radical (unpaired) electrons. The molecule has 84 valence electrons. The van der Waals surface area contributed by atoms with E-state index in [-0.39, 0.29) is 5.00 Å². The third-order valence-corrected chi connectivity index (χ3v) is 3.20. The van der Waals surface area contributed by atoms with Crippen molar-refractivity contribution in [3.63, 3.8) is 0 Å². The number of hydrogen-bond acceptors (Lipinski definition) is 6. The number of nitrogen functional groups attached to an aromatic ring is 1. The van der Waals surface area contributed by atoms with Crippen molar-refractivity contribution in [1.82, 2.24) is 5.16 Å². The van der Waals surface area contributed by atoms with Crippen LogP contribution in [0.15, 0.2) is 16.7 Å². The number of thiophene rings is 1. The van der Waals surface area contributed by atoms with E-state index in [4.69, 9.17) is 10.3 Å². The van der Waals surface area contributed by atoms with Crippen LogP contribution in [0.25, 0.3) is 10.6 Å². The Morgan fingerprint density at radius 3 is 2.94 bits per heavy atom. The van der Waals surface area contributed by atoms with Crippen molar-refractivity contribution in [3.8, 4) is 10.6 Å². The fourth-order valence-corrected chi connectivity index (χ4v) is 2.23. The van der Waals surface area contributed by atoms with Gasteiger partial charge in [0.1, 0.15) is 0 Å². The van der Waals surface area contributed by atoms with Gasteiger partial charge in [0.05, 0.1) is 9.80 Å². The SMILES string of the molecule is CCc1c(N)noc1-c1ccc([N+](=O)[O-])s1. The zero-order valence-corrected chi connectivity index (χ0v) is 9.28. The first kappa shape index (κ1) is 10.6. The minimum Gasteiger partial charge on any atom is -0.381 e. The Bertz CT molecular complexity index is 532. The first-order valence-corrected chi connectivity index (χ1v) is 5.43. The Labute approximate surface area is 94.8 Å². The summed E-state index contributed by atoms with van der Waals surface area (Å²) in [4.78, 5) is 10.8. The summed E-state index contributed by atoms with van der Waals surface area (Å²) in [6.45, 7) is 1.93. The van der Waals surface area contributed by atoms with E-state index in [9.17, 15) is 10.1 Å². The number of nitro groups is 1. The van der Waals surface area contributed by atoms with Crippen LogP contribution in [0.5, 0.6) is 0 Å². The van der Waals surface area contributed by atoms with E-state index in [1.165, 1.54) is 6.07 Å². The van der Waals surface area contributed by atoms with Gasteiger partial charge in [-0.15, -0.1) is 0 Å². The van der Waals surface area contributed by atoms with Gasteiger partial charge in [-0.1, -0.05) is 23.4 Å². The molecule has 0 saturated carbocycles. The fourth-order valence-electron chi connectivity index (χ4n) is 1.40. The molecule has 2 N–H and O–H groups in total. The van der Waals surface area contributed by atoms with E-state index in [0.29, 0.717) is 22.9 Å². The molecule has 0 aliphatic carbocycles. The van der Waals surface area contributed by atoms with Crippen molar-refractivity contribution in [3.05, 3.63) is 27.8 Å². The minimum atomic E-state index is -0.431. The Hall–Kier alpha value is -1.89. The summed E-state index contributed by atoms with van der Waals surface area (Å²) in [5, 5.41) is 14.3. The second kappa shape index (κ2) is 3.93. The molecule has 0 saturated heterocycles. The molecule has 2 rings (SSSR count). The topological polar surface area (TPSA) is 95.2 Å². The van der Waals surface area contributed by atoms with Crippen LogP contribution in [0, 0.1) is 10.1 Å². The average Bonchev–Trinajstić information content (AvgIpc) is 2.83. The van der Waals surface area contributed by atoms with Crippen molar-refractivity contribution in [2.45, 2.75) is 13.3 Å². The van der Waals surface area contributed by atoms with Gasteiger partial charge >= 0.3 is 5.00 Å². The molecule has 2 aromatic heterocycles. The van der Waals surface area contributed by atoms with Gasteiger partial charge in [0, 0.05) is 11.6 Å². The quantitative estimate of drug-likeness (QED) is 0.655. The second-order valence-corrected chi connectivity index (χ2v) is 4.19. The van der Waals surface area contributed by atoms with Gasteiger partial charge in [-0.3, -0.25) is 10.1 Å². The normalized spacial score (nSPS) is 10.6. The van der Waals surface area contributed by atoms with E-state index in [1.807, 2.05) is 6.92 Å². The first-order chi connectivity index (χ1) is 7.63. The first-order valence-electron chi connectivity index (χ1n) is 4.62. The molecule has 0 amide bonds. The predicted molar refractivity (Wildman–Crippen MR) is 60.3 cm³/mol. The van der Waals surface area contributed by atoms with Crippen LogP contribution >= 0.6 is 11.3 Å². The van der Waals surface area contributed by atoms with Crippen LogP contribution in [-0.2, 0) is 6.42 Å². The summed E-state index contributed by atoms with van der Waals surface area (Å²) in [7, 11) is 0. The Kier molecular flexibility index (Phi) is 2.61. The van der Waals surface area contributed by atoms with Crippen molar-refractivity contribution < 1.29 is 9.45 Å². The Morgan fingerprint density at radius 2 is 2.38 bits per heavy atom. The van der Waals surface area contributed by atoms with Gasteiger partial charge in [0.25, 0.3) is 0 Å². The molecule has 7 heteroatoms. The average molecular weight is 239 g/mol. The molecule has 0 aliphatic heterocycles. The van der Waals surface area contributed by atoms with Gasteiger partial charge in [-0.25, -0.2) is 0 Å². The van der Waals surface area contributed by atoms with Gasteiger partial charge < -0.3 is 10.3 Å². The van der Waals surface area contributed by atoms with Crippen molar-refractivity contribution in [2.75, 3.05) is 5.73 Å². The highest BCUT2D eigenvalue weighted by Crippen LogP contribution is 2.36. The van der Waals surface area contributed by atoms with Crippen LogP contribution in [0.2, 0.25) is 0 Å². The zero-order valence-electron chi connectivity index (χ0n) is 8.47. The maximum Gasteiger partial charge on any atom is 0.324 e. The maximum atomic E-state index is 10.6. The number of aromatic nitrogens is 1. The molecule has 16 heavy (non-hydrogen) atoms. The molecular formula is C9H9N3O3S. The summed E-state index contributed by atoms with van der Waals surface area (Å²) in [5.74, 6) is 0.867. The summed E-state index contributed by atoms with van der Waals surface area (Å²) in [5.41, 5.74) is 6.41. The van der Waals surface area contributed by atoms with Crippen LogP contribution in [0.3, 0.4) is 0 Å². The Morgan fingerprint density at radius 1 is 1.62 bits per heavy atom. The molecule has 0 aliphatic rings. The third kappa shape index (κ3) is 1.65. The molecule has 0 fully saturated rings. The van der Waals surface area contributed by atoms with E-state index in [0.717, 1.165) is 16.9 Å². The van der Waals surface area contributed by atoms with Gasteiger partial charge in [0.15, 0.2) is 11.6 Å². The largest absolute Gasteiger partial charge is 0.381 e. The number of nitrogens with zero attached hydrogens (tertiary/aromatic N) is 2. The van der Waals surface area contributed by atoms with E-state index in [1.54, 1.807) is 6.07 Å². The van der Waals surface area contributed by atoms with Gasteiger partial charge in [0.2, 0.25) is 0 Å². The minimum absolute atomic E-state index is 0.0759.